The van der Waals surface area contributed by atoms with Gasteiger partial charge in [0.2, 0.25) is 0 Å². The monoisotopic (exact) mass is 444 g/mol. The molecule has 2 aromatic carbocycles. The SMILES string of the molecule is O=C(c1cnn(-c2ccc(Cl)cc2)c1)N1CCN(c2ccnc(-c3ccccc3)n2)CC1. The maximum absolute atomic E-state index is 13.0. The number of hydrogen-bond acceptors (Lipinski definition) is 5. The molecule has 0 aliphatic carbocycles. The van der Waals surface area contributed by atoms with Gasteiger partial charge in [0.15, 0.2) is 5.82 Å². The van der Waals surface area contributed by atoms with E-state index in [9.17, 15) is 4.79 Å². The molecule has 0 radical (unpaired) electrons. The number of amides is 1. The van der Waals surface area contributed by atoms with Crippen LogP contribution in [0.15, 0.2) is 79.3 Å². The first kappa shape index (κ1) is 20.2. The van der Waals surface area contributed by atoms with E-state index in [1.807, 2.05) is 53.4 Å². The molecular formula is C24H21ClN6O. The number of halogens is 1. The van der Waals surface area contributed by atoms with Crippen LogP contribution in [-0.4, -0.2) is 56.7 Å². The zero-order chi connectivity index (χ0) is 21.9. The molecule has 0 bridgehead atoms. The molecule has 0 N–H and O–H groups in total. The zero-order valence-corrected chi connectivity index (χ0v) is 18.1. The smallest absolute Gasteiger partial charge is 0.257 e. The highest BCUT2D eigenvalue weighted by Gasteiger charge is 2.24. The third kappa shape index (κ3) is 4.20. The van der Waals surface area contributed by atoms with Gasteiger partial charge in [-0.1, -0.05) is 41.9 Å². The maximum Gasteiger partial charge on any atom is 0.257 e. The van der Waals surface area contributed by atoms with Crippen LogP contribution in [0, 0.1) is 0 Å². The maximum atomic E-state index is 13.0. The lowest BCUT2D eigenvalue weighted by Crippen LogP contribution is -2.49. The third-order valence-corrected chi connectivity index (χ3v) is 5.74. The molecule has 4 aromatic rings. The van der Waals surface area contributed by atoms with Crippen LogP contribution in [0.2, 0.25) is 5.02 Å². The summed E-state index contributed by atoms with van der Waals surface area (Å²) in [5, 5.41) is 4.99. The Kier molecular flexibility index (Phi) is 5.56. The minimum atomic E-state index is -0.0162. The standard InChI is InChI=1S/C24H21ClN6O/c25-20-6-8-21(9-7-20)31-17-19(16-27-31)24(32)30-14-12-29(13-15-30)22-10-11-26-23(28-22)18-4-2-1-3-5-18/h1-11,16-17H,12-15H2. The molecule has 32 heavy (non-hydrogen) atoms. The molecule has 0 unspecified atom stereocenters. The third-order valence-electron chi connectivity index (χ3n) is 5.48. The van der Waals surface area contributed by atoms with Gasteiger partial charge in [0, 0.05) is 49.2 Å². The predicted octanol–water partition coefficient (Wildman–Crippen LogP) is 3.95. The number of benzene rings is 2. The first-order valence-electron chi connectivity index (χ1n) is 10.4. The lowest BCUT2D eigenvalue weighted by Gasteiger charge is -2.35. The van der Waals surface area contributed by atoms with E-state index in [1.165, 1.54) is 0 Å². The van der Waals surface area contributed by atoms with Gasteiger partial charge in [0.05, 0.1) is 17.4 Å². The average Bonchev–Trinajstić information content (AvgIpc) is 3.35. The van der Waals surface area contributed by atoms with Crippen molar-refractivity contribution in [1.82, 2.24) is 24.6 Å². The van der Waals surface area contributed by atoms with E-state index in [-0.39, 0.29) is 5.91 Å². The van der Waals surface area contributed by atoms with Gasteiger partial charge in [-0.3, -0.25) is 4.79 Å². The largest absolute Gasteiger partial charge is 0.353 e. The van der Waals surface area contributed by atoms with Crippen molar-refractivity contribution < 1.29 is 4.79 Å². The minimum absolute atomic E-state index is 0.0162. The van der Waals surface area contributed by atoms with Crippen LogP contribution >= 0.6 is 11.6 Å². The van der Waals surface area contributed by atoms with Crippen LogP contribution in [0.25, 0.3) is 17.1 Å². The van der Waals surface area contributed by atoms with E-state index >= 15 is 0 Å². The number of aromatic nitrogens is 4. The number of rotatable bonds is 4. The van der Waals surface area contributed by atoms with Crippen molar-refractivity contribution in [3.8, 4) is 17.1 Å². The number of anilines is 1. The Labute approximate surface area is 190 Å². The molecule has 1 saturated heterocycles. The molecule has 160 valence electrons. The molecular weight excluding hydrogens is 424 g/mol. The van der Waals surface area contributed by atoms with Crippen LogP contribution < -0.4 is 4.90 Å². The normalized spacial score (nSPS) is 13.9. The summed E-state index contributed by atoms with van der Waals surface area (Å²) in [6.45, 7) is 2.66. The van der Waals surface area contributed by atoms with Crippen LogP contribution in [0.5, 0.6) is 0 Å². The highest BCUT2D eigenvalue weighted by atomic mass is 35.5. The molecule has 1 aliphatic heterocycles. The summed E-state index contributed by atoms with van der Waals surface area (Å²) in [5.41, 5.74) is 2.42. The summed E-state index contributed by atoms with van der Waals surface area (Å²) in [6, 6.07) is 19.2. The Morgan fingerprint density at radius 3 is 2.41 bits per heavy atom. The number of carbonyl (C=O) groups excluding carboxylic acids is 1. The topological polar surface area (TPSA) is 67.2 Å². The van der Waals surface area contributed by atoms with Gasteiger partial charge >= 0.3 is 0 Å². The fraction of sp³-hybridized carbons (Fsp3) is 0.167. The molecule has 7 nitrogen and oxygen atoms in total. The molecule has 1 fully saturated rings. The quantitative estimate of drug-likeness (QED) is 0.477. The summed E-state index contributed by atoms with van der Waals surface area (Å²) in [4.78, 5) is 26.2. The van der Waals surface area contributed by atoms with Gasteiger partial charge in [-0.15, -0.1) is 0 Å². The number of carbonyl (C=O) groups is 1. The number of hydrogen-bond donors (Lipinski definition) is 0. The second kappa shape index (κ2) is 8.80. The lowest BCUT2D eigenvalue weighted by molar-refractivity contribution is 0.0746. The first-order chi connectivity index (χ1) is 15.7. The fourth-order valence-electron chi connectivity index (χ4n) is 3.74. The zero-order valence-electron chi connectivity index (χ0n) is 17.3. The van der Waals surface area contributed by atoms with Crippen LogP contribution in [-0.2, 0) is 0 Å². The Morgan fingerprint density at radius 1 is 0.906 bits per heavy atom. The van der Waals surface area contributed by atoms with Crippen molar-refractivity contribution in [1.29, 1.82) is 0 Å². The lowest BCUT2D eigenvalue weighted by atomic mass is 10.2. The van der Waals surface area contributed by atoms with Crippen molar-refractivity contribution >= 4 is 23.3 Å². The van der Waals surface area contributed by atoms with E-state index < -0.39 is 0 Å². The van der Waals surface area contributed by atoms with Gasteiger partial charge in [-0.05, 0) is 30.3 Å². The molecule has 3 heterocycles. The second-order valence-corrected chi connectivity index (χ2v) is 7.97. The molecule has 0 atom stereocenters. The van der Waals surface area contributed by atoms with Crippen molar-refractivity contribution in [3.63, 3.8) is 0 Å². The predicted molar refractivity (Wildman–Crippen MR) is 124 cm³/mol. The second-order valence-electron chi connectivity index (χ2n) is 7.53. The van der Waals surface area contributed by atoms with Crippen molar-refractivity contribution in [2.24, 2.45) is 0 Å². The van der Waals surface area contributed by atoms with E-state index in [0.717, 1.165) is 17.1 Å². The summed E-state index contributed by atoms with van der Waals surface area (Å²) in [5.74, 6) is 1.57. The molecule has 0 spiro atoms. The average molecular weight is 445 g/mol. The molecule has 2 aromatic heterocycles. The van der Waals surface area contributed by atoms with E-state index in [4.69, 9.17) is 16.6 Å². The van der Waals surface area contributed by atoms with Gasteiger partial charge in [-0.25, -0.2) is 14.6 Å². The molecule has 0 saturated carbocycles. The number of nitrogens with zero attached hydrogens (tertiary/aromatic N) is 6. The van der Waals surface area contributed by atoms with E-state index in [1.54, 1.807) is 35.4 Å². The number of piperazine rings is 1. The Bertz CT molecular complexity index is 1220. The molecule has 5 rings (SSSR count). The van der Waals surface area contributed by atoms with Gasteiger partial charge in [-0.2, -0.15) is 5.10 Å². The van der Waals surface area contributed by atoms with Crippen LogP contribution in [0.1, 0.15) is 10.4 Å². The van der Waals surface area contributed by atoms with E-state index in [0.29, 0.717) is 42.6 Å². The van der Waals surface area contributed by atoms with E-state index in [2.05, 4.69) is 15.0 Å². The van der Waals surface area contributed by atoms with Gasteiger partial charge in [0.25, 0.3) is 5.91 Å². The van der Waals surface area contributed by atoms with Crippen molar-refractivity contribution in [2.45, 2.75) is 0 Å². The summed E-state index contributed by atoms with van der Waals surface area (Å²) < 4.78 is 1.69. The highest BCUT2D eigenvalue weighted by Crippen LogP contribution is 2.20. The van der Waals surface area contributed by atoms with Crippen LogP contribution in [0.4, 0.5) is 5.82 Å². The molecule has 8 heteroatoms. The summed E-state index contributed by atoms with van der Waals surface area (Å²) in [6.07, 6.45) is 5.15. The first-order valence-corrected chi connectivity index (χ1v) is 10.8. The Morgan fingerprint density at radius 2 is 1.66 bits per heavy atom. The minimum Gasteiger partial charge on any atom is -0.353 e. The summed E-state index contributed by atoms with van der Waals surface area (Å²) >= 11 is 5.95. The molecule has 1 aliphatic rings. The van der Waals surface area contributed by atoms with Gasteiger partial charge < -0.3 is 9.80 Å². The van der Waals surface area contributed by atoms with Crippen molar-refractivity contribution in [3.05, 3.63) is 89.8 Å². The highest BCUT2D eigenvalue weighted by molar-refractivity contribution is 6.30. The van der Waals surface area contributed by atoms with Crippen LogP contribution in [0.3, 0.4) is 0 Å². The summed E-state index contributed by atoms with van der Waals surface area (Å²) in [7, 11) is 0. The van der Waals surface area contributed by atoms with Crippen molar-refractivity contribution in [2.75, 3.05) is 31.1 Å². The Hall–Kier alpha value is -3.71. The molecule has 1 amide bonds. The Balaban J connectivity index is 1.24. The van der Waals surface area contributed by atoms with Gasteiger partial charge in [0.1, 0.15) is 5.82 Å². The fourth-order valence-corrected chi connectivity index (χ4v) is 3.87.